The van der Waals surface area contributed by atoms with Crippen LogP contribution in [0.5, 0.6) is 0 Å². The van der Waals surface area contributed by atoms with Crippen molar-refractivity contribution in [2.24, 2.45) is 11.1 Å². The minimum absolute atomic E-state index is 0.00417. The van der Waals surface area contributed by atoms with E-state index < -0.39 is 48.7 Å². The maximum absolute atomic E-state index is 14.6. The lowest BCUT2D eigenvalue weighted by atomic mass is 9.87. The van der Waals surface area contributed by atoms with Crippen molar-refractivity contribution in [3.05, 3.63) is 34.4 Å². The number of nitrogens with one attached hydrogen (secondary N) is 1. The van der Waals surface area contributed by atoms with E-state index in [0.717, 1.165) is 31.6 Å². The Labute approximate surface area is 221 Å². The number of benzene rings is 1. The summed E-state index contributed by atoms with van der Waals surface area (Å²) in [5.41, 5.74) is 1.07. The molecular formula is C24H30BrF2N5O5. The predicted octanol–water partition coefficient (Wildman–Crippen LogP) is 2.20. The second-order valence-electron chi connectivity index (χ2n) is 9.66. The van der Waals surface area contributed by atoms with Gasteiger partial charge in [0.15, 0.2) is 11.6 Å². The molecule has 3 aliphatic rings. The summed E-state index contributed by atoms with van der Waals surface area (Å²) in [5.74, 6) is -1.70. The van der Waals surface area contributed by atoms with Crippen LogP contribution in [0.3, 0.4) is 0 Å². The first-order valence-electron chi connectivity index (χ1n) is 12.4. The zero-order valence-corrected chi connectivity index (χ0v) is 21.9. The number of hydrogen-bond donors (Lipinski definition) is 3. The van der Waals surface area contributed by atoms with E-state index in [9.17, 15) is 19.0 Å². The van der Waals surface area contributed by atoms with Crippen molar-refractivity contribution in [1.82, 2.24) is 20.3 Å². The summed E-state index contributed by atoms with van der Waals surface area (Å²) in [5, 5.41) is 36.8. The first-order chi connectivity index (χ1) is 17.9. The lowest BCUT2D eigenvalue weighted by Crippen LogP contribution is -2.57. The van der Waals surface area contributed by atoms with Gasteiger partial charge in [0.25, 0.3) is 0 Å². The molecule has 0 bridgehead atoms. The van der Waals surface area contributed by atoms with E-state index in [4.69, 9.17) is 14.3 Å². The largest absolute Gasteiger partial charge is 0.394 e. The van der Waals surface area contributed by atoms with Gasteiger partial charge in [0.05, 0.1) is 29.1 Å². The molecule has 1 aromatic carbocycles. The fourth-order valence-corrected chi connectivity index (χ4v) is 5.76. The van der Waals surface area contributed by atoms with Crippen molar-refractivity contribution in [2.45, 2.75) is 62.2 Å². The van der Waals surface area contributed by atoms with Crippen LogP contribution < -0.4 is 5.32 Å². The SMILES string of the molecule is CO[C@@H]1[C@@H](n2cc(-c3ccc(Br)c(F)c3F)nn2)[C@@H](O)[C@@H](CO)O[C@@H]1CC1CC(C2CCNCC2)=NO1. The summed E-state index contributed by atoms with van der Waals surface area (Å²) in [6, 6.07) is 1.96. The van der Waals surface area contributed by atoms with Crippen LogP contribution in [0.4, 0.5) is 8.78 Å². The molecule has 0 saturated carbocycles. The van der Waals surface area contributed by atoms with Crippen LogP contribution >= 0.6 is 15.9 Å². The van der Waals surface area contributed by atoms with Gasteiger partial charge in [-0.3, -0.25) is 0 Å². The molecule has 2 aromatic rings. The van der Waals surface area contributed by atoms with Gasteiger partial charge >= 0.3 is 0 Å². The fraction of sp³-hybridized carbons (Fsp3) is 0.625. The Morgan fingerprint density at radius 1 is 1.22 bits per heavy atom. The average Bonchev–Trinajstić information content (AvgIpc) is 3.58. The molecule has 0 radical (unpaired) electrons. The van der Waals surface area contributed by atoms with E-state index in [2.05, 4.69) is 36.7 Å². The topological polar surface area (TPSA) is 123 Å². The second kappa shape index (κ2) is 11.4. The number of aliphatic hydroxyl groups is 2. The number of ether oxygens (including phenoxy) is 2. The molecule has 6 atom stereocenters. The third-order valence-electron chi connectivity index (χ3n) is 7.42. The van der Waals surface area contributed by atoms with Gasteiger partial charge in [-0.2, -0.15) is 0 Å². The van der Waals surface area contributed by atoms with Gasteiger partial charge < -0.3 is 29.8 Å². The van der Waals surface area contributed by atoms with Crippen LogP contribution in [0, 0.1) is 17.6 Å². The summed E-state index contributed by atoms with van der Waals surface area (Å²) in [6.07, 6.45) is 0.982. The Morgan fingerprint density at radius 3 is 2.73 bits per heavy atom. The maximum Gasteiger partial charge on any atom is 0.173 e. The van der Waals surface area contributed by atoms with E-state index in [1.807, 2.05) is 0 Å². The fourth-order valence-electron chi connectivity index (χ4n) is 5.46. The molecule has 37 heavy (non-hydrogen) atoms. The number of aliphatic hydroxyl groups excluding tert-OH is 2. The van der Waals surface area contributed by atoms with E-state index in [0.29, 0.717) is 18.8 Å². The Balaban J connectivity index is 1.35. The highest BCUT2D eigenvalue weighted by Gasteiger charge is 2.48. The summed E-state index contributed by atoms with van der Waals surface area (Å²) in [4.78, 5) is 5.74. The van der Waals surface area contributed by atoms with Crippen LogP contribution in [0.15, 0.2) is 28.0 Å². The Kier molecular flexibility index (Phi) is 8.17. The van der Waals surface area contributed by atoms with Gasteiger partial charge in [-0.15, -0.1) is 5.10 Å². The van der Waals surface area contributed by atoms with E-state index in [-0.39, 0.29) is 21.8 Å². The molecule has 1 unspecified atom stereocenters. The van der Waals surface area contributed by atoms with Crippen LogP contribution in [-0.2, 0) is 14.3 Å². The van der Waals surface area contributed by atoms with Gasteiger partial charge in [-0.1, -0.05) is 10.4 Å². The minimum Gasteiger partial charge on any atom is -0.394 e. The van der Waals surface area contributed by atoms with Crippen LogP contribution in [0.1, 0.15) is 31.7 Å². The van der Waals surface area contributed by atoms with Gasteiger partial charge in [0, 0.05) is 31.4 Å². The summed E-state index contributed by atoms with van der Waals surface area (Å²) >= 11 is 2.96. The second-order valence-corrected chi connectivity index (χ2v) is 10.5. The molecule has 4 heterocycles. The molecule has 13 heteroatoms. The highest BCUT2D eigenvalue weighted by Crippen LogP contribution is 2.36. The lowest BCUT2D eigenvalue weighted by Gasteiger charge is -2.44. The zero-order valence-electron chi connectivity index (χ0n) is 20.3. The molecule has 202 valence electrons. The third kappa shape index (κ3) is 5.30. The monoisotopic (exact) mass is 585 g/mol. The molecule has 0 aliphatic carbocycles. The number of hydrogen-bond acceptors (Lipinski definition) is 9. The molecule has 2 saturated heterocycles. The van der Waals surface area contributed by atoms with Crippen molar-refractivity contribution in [3.8, 4) is 11.3 Å². The molecule has 3 N–H and O–H groups in total. The van der Waals surface area contributed by atoms with E-state index >= 15 is 0 Å². The quantitative estimate of drug-likeness (QED) is 0.423. The van der Waals surface area contributed by atoms with Gasteiger partial charge in [-0.05, 0) is 54.0 Å². The van der Waals surface area contributed by atoms with Gasteiger partial charge in [0.2, 0.25) is 0 Å². The number of halogens is 3. The predicted molar refractivity (Wildman–Crippen MR) is 132 cm³/mol. The Hall–Kier alpha value is -2.03. The first-order valence-corrected chi connectivity index (χ1v) is 13.2. The van der Waals surface area contributed by atoms with Crippen molar-refractivity contribution in [3.63, 3.8) is 0 Å². The lowest BCUT2D eigenvalue weighted by molar-refractivity contribution is -0.219. The zero-order chi connectivity index (χ0) is 26.1. The van der Waals surface area contributed by atoms with Crippen molar-refractivity contribution in [2.75, 3.05) is 26.8 Å². The molecule has 3 aliphatic heterocycles. The highest BCUT2D eigenvalue weighted by atomic mass is 79.9. The van der Waals surface area contributed by atoms with E-state index in [1.54, 1.807) is 0 Å². The molecule has 10 nitrogen and oxygen atoms in total. The average molecular weight is 586 g/mol. The third-order valence-corrected chi connectivity index (χ3v) is 8.04. The van der Waals surface area contributed by atoms with Gasteiger partial charge in [0.1, 0.15) is 36.2 Å². The summed E-state index contributed by atoms with van der Waals surface area (Å²) in [7, 11) is 1.49. The van der Waals surface area contributed by atoms with Gasteiger partial charge in [-0.25, -0.2) is 13.5 Å². The molecule has 0 spiro atoms. The van der Waals surface area contributed by atoms with Crippen LogP contribution in [0.25, 0.3) is 11.3 Å². The number of piperidine rings is 1. The number of methoxy groups -OCH3 is 1. The first kappa shape index (κ1) is 26.6. The number of rotatable bonds is 7. The molecule has 2 fully saturated rings. The van der Waals surface area contributed by atoms with Crippen molar-refractivity contribution < 1.29 is 33.3 Å². The molecule has 1 aromatic heterocycles. The van der Waals surface area contributed by atoms with Crippen LogP contribution in [0.2, 0.25) is 0 Å². The normalized spacial score (nSPS) is 30.8. The smallest absolute Gasteiger partial charge is 0.173 e. The van der Waals surface area contributed by atoms with Crippen LogP contribution in [-0.4, -0.2) is 88.2 Å². The molecule has 0 amide bonds. The standard InChI is InChI=1S/C24H30BrF2N5O5/c1-35-24-18(9-13-8-16(30-37-13)12-4-6-28-7-5-12)36-19(11-33)23(34)22(24)32-10-17(29-31-32)14-2-3-15(25)21(27)20(14)26/h2-3,10,12-13,18-19,22-24,28,33-34H,4-9,11H2,1H3/t13?,18-,19-,22+,23+,24+/m1/s1. The maximum atomic E-state index is 14.6. The summed E-state index contributed by atoms with van der Waals surface area (Å²) in [6.45, 7) is 1.49. The number of aromatic nitrogens is 3. The Morgan fingerprint density at radius 2 is 2.00 bits per heavy atom. The van der Waals surface area contributed by atoms with Crippen molar-refractivity contribution in [1.29, 1.82) is 0 Å². The Bertz CT molecular complexity index is 1130. The minimum atomic E-state index is -1.20. The van der Waals surface area contributed by atoms with Crippen molar-refractivity contribution >= 4 is 21.6 Å². The molecular weight excluding hydrogens is 556 g/mol. The number of nitrogens with zero attached hydrogens (tertiary/aromatic N) is 4. The summed E-state index contributed by atoms with van der Waals surface area (Å²) < 4.78 is 41.8. The van der Waals surface area contributed by atoms with E-state index in [1.165, 1.54) is 30.1 Å². The highest BCUT2D eigenvalue weighted by molar-refractivity contribution is 9.10. The molecule has 5 rings (SSSR count). The number of oxime groups is 1.